The van der Waals surface area contributed by atoms with Crippen LogP contribution in [0.25, 0.3) is 5.57 Å². The fraction of sp³-hybridized carbons (Fsp3) is 0.586. The summed E-state index contributed by atoms with van der Waals surface area (Å²) in [5.41, 5.74) is 10.1. The minimum atomic E-state index is -0.636. The number of nitrogens with two attached hydrogens (primary N) is 1. The number of allylic oxidation sites excluding steroid dienone is 1. The maximum Gasteiger partial charge on any atom is 0.308 e. The number of cyclic esters (lactones) is 1. The van der Waals surface area contributed by atoms with Gasteiger partial charge >= 0.3 is 5.97 Å². The third kappa shape index (κ3) is 5.16. The van der Waals surface area contributed by atoms with Gasteiger partial charge in [-0.3, -0.25) is 9.79 Å². The predicted molar refractivity (Wildman–Crippen MR) is 136 cm³/mol. The molecule has 2 aliphatic heterocycles. The summed E-state index contributed by atoms with van der Waals surface area (Å²) in [5.74, 6) is 1.12. The quantitative estimate of drug-likeness (QED) is 0.417. The maximum absolute atomic E-state index is 12.2. The molecular formula is C29H40N2O2. The number of carbonyl (C=O) groups is 1. The molecule has 2 N–H and O–H groups in total. The molecule has 1 saturated carbocycles. The SMILES string of the molecule is CCc1cccc(C2=CCC(/C=C/[C@@H](C3CCCC[C@H]3CC)[C@@]3(N)CC(=O)O[C@@H]3C)N=C2)c1. The lowest BCUT2D eigenvalue weighted by atomic mass is 9.63. The maximum atomic E-state index is 12.2. The van der Waals surface area contributed by atoms with Gasteiger partial charge in [0, 0.05) is 12.1 Å². The first kappa shape index (κ1) is 23.9. The van der Waals surface area contributed by atoms with Crippen LogP contribution in [0.15, 0.2) is 47.5 Å². The van der Waals surface area contributed by atoms with Gasteiger partial charge in [-0.25, -0.2) is 0 Å². The minimum absolute atomic E-state index is 0.117. The smallest absolute Gasteiger partial charge is 0.308 e. The summed E-state index contributed by atoms with van der Waals surface area (Å²) in [7, 11) is 0. The fourth-order valence-corrected chi connectivity index (χ4v) is 6.14. The van der Waals surface area contributed by atoms with E-state index in [1.165, 1.54) is 48.8 Å². The van der Waals surface area contributed by atoms with Crippen molar-refractivity contribution < 1.29 is 9.53 Å². The minimum Gasteiger partial charge on any atom is -0.461 e. The van der Waals surface area contributed by atoms with Crippen molar-refractivity contribution in [1.29, 1.82) is 0 Å². The first-order valence-corrected chi connectivity index (χ1v) is 12.9. The Morgan fingerprint density at radius 1 is 1.27 bits per heavy atom. The van der Waals surface area contributed by atoms with E-state index in [-0.39, 0.29) is 24.0 Å². The van der Waals surface area contributed by atoms with Crippen molar-refractivity contribution in [3.8, 4) is 0 Å². The van der Waals surface area contributed by atoms with Crippen molar-refractivity contribution in [2.45, 2.75) is 89.8 Å². The van der Waals surface area contributed by atoms with Crippen LogP contribution in [0.3, 0.4) is 0 Å². The molecule has 1 aromatic carbocycles. The van der Waals surface area contributed by atoms with E-state index < -0.39 is 5.54 Å². The van der Waals surface area contributed by atoms with Crippen molar-refractivity contribution in [3.63, 3.8) is 0 Å². The number of rotatable bonds is 7. The highest BCUT2D eigenvalue weighted by Gasteiger charge is 2.51. The molecule has 0 spiro atoms. The molecule has 1 aromatic rings. The standard InChI is InChI=1S/C29H40N2O2/c1-4-21-9-8-11-23(17-21)24-13-14-25(31-19-24)15-16-27(26-12-7-6-10-22(26)5-2)29(30)18-28(32)33-20(29)3/h8-9,11,13,15-17,19-20,22,25-27H,4-7,10,12,14,18,30H2,1-3H3/b16-15+/t20-,22-,25?,26?,27+,29-/m1/s1. The average Bonchev–Trinajstić information content (AvgIpc) is 3.11. The number of aliphatic imine (C=N–C) groups is 1. The van der Waals surface area contributed by atoms with Gasteiger partial charge in [0.05, 0.1) is 18.0 Å². The number of aryl methyl sites for hydroxylation is 1. The van der Waals surface area contributed by atoms with E-state index in [1.807, 2.05) is 13.1 Å². The summed E-state index contributed by atoms with van der Waals surface area (Å²) >= 11 is 0. The molecule has 0 aromatic heterocycles. The molecule has 33 heavy (non-hydrogen) atoms. The highest BCUT2D eigenvalue weighted by atomic mass is 16.6. The van der Waals surface area contributed by atoms with E-state index in [4.69, 9.17) is 15.5 Å². The molecule has 4 heteroatoms. The van der Waals surface area contributed by atoms with Crippen LogP contribution in [0.4, 0.5) is 0 Å². The van der Waals surface area contributed by atoms with Gasteiger partial charge in [0.15, 0.2) is 0 Å². The number of dihydropyridines is 1. The van der Waals surface area contributed by atoms with Crippen molar-refractivity contribution >= 4 is 17.8 Å². The highest BCUT2D eigenvalue weighted by molar-refractivity contribution is 6.10. The molecule has 2 fully saturated rings. The second-order valence-corrected chi connectivity index (χ2v) is 10.2. The second kappa shape index (κ2) is 10.4. The van der Waals surface area contributed by atoms with Gasteiger partial charge < -0.3 is 10.5 Å². The Hall–Kier alpha value is -2.20. The molecule has 4 nitrogen and oxygen atoms in total. The number of hydrogen-bond acceptors (Lipinski definition) is 4. The zero-order valence-corrected chi connectivity index (χ0v) is 20.5. The van der Waals surface area contributed by atoms with Gasteiger partial charge in [0.25, 0.3) is 0 Å². The summed E-state index contributed by atoms with van der Waals surface area (Å²) in [6, 6.07) is 8.83. The van der Waals surface area contributed by atoms with E-state index in [0.717, 1.165) is 12.8 Å². The first-order chi connectivity index (χ1) is 15.9. The largest absolute Gasteiger partial charge is 0.461 e. The lowest BCUT2D eigenvalue weighted by Crippen LogP contribution is -2.55. The van der Waals surface area contributed by atoms with Crippen molar-refractivity contribution in [2.75, 3.05) is 0 Å². The lowest BCUT2D eigenvalue weighted by Gasteiger charge is -2.44. The van der Waals surface area contributed by atoms with Crippen LogP contribution in [0.5, 0.6) is 0 Å². The Balaban J connectivity index is 1.53. The summed E-state index contributed by atoms with van der Waals surface area (Å²) in [4.78, 5) is 17.0. The summed E-state index contributed by atoms with van der Waals surface area (Å²) in [6.45, 7) is 6.44. The van der Waals surface area contributed by atoms with E-state index in [1.54, 1.807) is 0 Å². The van der Waals surface area contributed by atoms with Gasteiger partial charge in [-0.05, 0) is 54.7 Å². The summed E-state index contributed by atoms with van der Waals surface area (Å²) in [5, 5.41) is 0. The molecule has 2 heterocycles. The van der Waals surface area contributed by atoms with Crippen molar-refractivity contribution in [2.24, 2.45) is 28.5 Å². The van der Waals surface area contributed by atoms with E-state index in [2.05, 4.69) is 56.3 Å². The number of nitrogens with zero attached hydrogens (tertiary/aromatic N) is 1. The van der Waals surface area contributed by atoms with Crippen molar-refractivity contribution in [1.82, 2.24) is 0 Å². The van der Waals surface area contributed by atoms with Crippen LogP contribution in [0, 0.1) is 17.8 Å². The van der Waals surface area contributed by atoms with Gasteiger partial charge in [0.2, 0.25) is 0 Å². The highest BCUT2D eigenvalue weighted by Crippen LogP contribution is 2.45. The summed E-state index contributed by atoms with van der Waals surface area (Å²) < 4.78 is 5.55. The molecular weight excluding hydrogens is 408 g/mol. The van der Waals surface area contributed by atoms with Gasteiger partial charge in [-0.15, -0.1) is 0 Å². The molecule has 0 amide bonds. The molecule has 1 saturated heterocycles. The molecule has 1 aliphatic carbocycles. The topological polar surface area (TPSA) is 64.7 Å². The second-order valence-electron chi connectivity index (χ2n) is 10.2. The third-order valence-corrected chi connectivity index (χ3v) is 8.28. The molecule has 4 rings (SSSR count). The van der Waals surface area contributed by atoms with Crippen LogP contribution in [-0.2, 0) is 16.0 Å². The Bertz CT molecular complexity index is 933. The number of carbonyl (C=O) groups excluding carboxylic acids is 1. The van der Waals surface area contributed by atoms with E-state index in [9.17, 15) is 4.79 Å². The normalized spacial score (nSPS) is 33.2. The van der Waals surface area contributed by atoms with Crippen LogP contribution in [0.1, 0.15) is 76.8 Å². The van der Waals surface area contributed by atoms with Gasteiger partial charge in [0.1, 0.15) is 6.10 Å². The Labute approximate surface area is 199 Å². The Morgan fingerprint density at radius 2 is 2.09 bits per heavy atom. The Kier molecular flexibility index (Phi) is 7.53. The zero-order valence-electron chi connectivity index (χ0n) is 20.5. The molecule has 178 valence electrons. The zero-order chi connectivity index (χ0) is 23.4. The third-order valence-electron chi connectivity index (χ3n) is 8.28. The molecule has 2 unspecified atom stereocenters. The Morgan fingerprint density at radius 3 is 2.76 bits per heavy atom. The fourth-order valence-electron chi connectivity index (χ4n) is 6.14. The average molecular weight is 449 g/mol. The van der Waals surface area contributed by atoms with Crippen LogP contribution >= 0.6 is 0 Å². The first-order valence-electron chi connectivity index (χ1n) is 12.9. The number of benzene rings is 1. The van der Waals surface area contributed by atoms with E-state index >= 15 is 0 Å². The lowest BCUT2D eigenvalue weighted by molar-refractivity contribution is -0.141. The number of ether oxygens (including phenoxy) is 1. The van der Waals surface area contributed by atoms with Crippen LogP contribution in [0.2, 0.25) is 0 Å². The summed E-state index contributed by atoms with van der Waals surface area (Å²) in [6.07, 6.45) is 17.0. The predicted octanol–water partition coefficient (Wildman–Crippen LogP) is 5.90. The van der Waals surface area contributed by atoms with Crippen LogP contribution < -0.4 is 5.73 Å². The monoisotopic (exact) mass is 448 g/mol. The van der Waals surface area contributed by atoms with Crippen molar-refractivity contribution in [3.05, 3.63) is 53.6 Å². The van der Waals surface area contributed by atoms with Gasteiger partial charge in [-0.1, -0.05) is 82.0 Å². The van der Waals surface area contributed by atoms with Gasteiger partial charge in [-0.2, -0.15) is 0 Å². The molecule has 6 atom stereocenters. The number of esters is 1. The molecule has 0 bridgehead atoms. The molecule has 3 aliphatic rings. The van der Waals surface area contributed by atoms with E-state index in [0.29, 0.717) is 18.3 Å². The number of hydrogen-bond donors (Lipinski definition) is 1. The van der Waals surface area contributed by atoms with Crippen LogP contribution in [-0.4, -0.2) is 29.9 Å². The molecule has 0 radical (unpaired) electrons.